The van der Waals surface area contributed by atoms with E-state index in [1.165, 1.54) is 17.3 Å². The number of aromatic nitrogens is 3. The molecule has 188 valence electrons. The molecule has 0 bridgehead atoms. The first-order chi connectivity index (χ1) is 17.4. The third kappa shape index (κ3) is 5.41. The van der Waals surface area contributed by atoms with E-state index in [-0.39, 0.29) is 6.61 Å². The van der Waals surface area contributed by atoms with E-state index in [0.717, 1.165) is 16.9 Å². The summed E-state index contributed by atoms with van der Waals surface area (Å²) in [5, 5.41) is 8.51. The van der Waals surface area contributed by atoms with Crippen LogP contribution in [-0.2, 0) is 16.1 Å². The summed E-state index contributed by atoms with van der Waals surface area (Å²) >= 11 is 1.53. The van der Waals surface area contributed by atoms with Gasteiger partial charge in [0.1, 0.15) is 19.3 Å². The maximum absolute atomic E-state index is 13.1. The van der Waals surface area contributed by atoms with Crippen LogP contribution in [0.4, 0.5) is 5.95 Å². The SMILES string of the molecule is C=CCOC(=O)C1=C(C)Nc2nc(SCC)nn2C1c1ccc(OCc2ccc(C)cc2)c(OC)c1. The summed E-state index contributed by atoms with van der Waals surface area (Å²) in [7, 11) is 1.59. The molecule has 1 aliphatic heterocycles. The van der Waals surface area contributed by atoms with Gasteiger partial charge in [0.2, 0.25) is 11.1 Å². The third-order valence-electron chi connectivity index (χ3n) is 5.68. The van der Waals surface area contributed by atoms with Gasteiger partial charge in [-0.05, 0) is 42.9 Å². The average molecular weight is 507 g/mol. The number of aryl methyl sites for hydroxylation is 1. The molecule has 0 saturated carbocycles. The molecule has 0 amide bonds. The quantitative estimate of drug-likeness (QED) is 0.225. The number of benzene rings is 2. The maximum atomic E-state index is 13.1. The molecule has 0 aliphatic carbocycles. The smallest absolute Gasteiger partial charge is 0.338 e. The highest BCUT2D eigenvalue weighted by Crippen LogP contribution is 2.40. The van der Waals surface area contributed by atoms with Gasteiger partial charge in [-0.15, -0.1) is 5.10 Å². The van der Waals surface area contributed by atoms with E-state index in [0.29, 0.717) is 40.5 Å². The molecule has 1 aromatic heterocycles. The van der Waals surface area contributed by atoms with Crippen molar-refractivity contribution < 1.29 is 19.0 Å². The summed E-state index contributed by atoms with van der Waals surface area (Å²) in [6.07, 6.45) is 1.54. The topological polar surface area (TPSA) is 87.5 Å². The van der Waals surface area contributed by atoms with E-state index in [2.05, 4.69) is 41.0 Å². The monoisotopic (exact) mass is 506 g/mol. The second kappa shape index (κ2) is 11.3. The van der Waals surface area contributed by atoms with Gasteiger partial charge in [-0.2, -0.15) is 4.98 Å². The zero-order chi connectivity index (χ0) is 25.7. The molecule has 1 unspecified atom stereocenters. The van der Waals surface area contributed by atoms with Crippen LogP contribution in [0.2, 0.25) is 0 Å². The van der Waals surface area contributed by atoms with Gasteiger partial charge in [0.25, 0.3) is 0 Å². The molecule has 9 heteroatoms. The van der Waals surface area contributed by atoms with Crippen LogP contribution in [-0.4, -0.2) is 40.2 Å². The number of anilines is 1. The number of methoxy groups -OCH3 is 1. The zero-order valence-corrected chi connectivity index (χ0v) is 21.7. The van der Waals surface area contributed by atoms with Crippen LogP contribution >= 0.6 is 11.8 Å². The number of nitrogens with zero attached hydrogens (tertiary/aromatic N) is 3. The number of thioether (sulfide) groups is 1. The van der Waals surface area contributed by atoms with Crippen LogP contribution in [0, 0.1) is 6.92 Å². The first kappa shape index (κ1) is 25.4. The van der Waals surface area contributed by atoms with Gasteiger partial charge in [-0.25, -0.2) is 9.48 Å². The fraction of sp³-hybridized carbons (Fsp3) is 0.296. The number of hydrogen-bond donors (Lipinski definition) is 1. The summed E-state index contributed by atoms with van der Waals surface area (Å²) < 4.78 is 18.9. The Morgan fingerprint density at radius 2 is 1.97 bits per heavy atom. The minimum Gasteiger partial charge on any atom is -0.493 e. The number of nitrogens with one attached hydrogen (secondary N) is 1. The molecule has 36 heavy (non-hydrogen) atoms. The Morgan fingerprint density at radius 3 is 2.67 bits per heavy atom. The third-order valence-corrected chi connectivity index (χ3v) is 6.40. The molecular weight excluding hydrogens is 476 g/mol. The fourth-order valence-corrected chi connectivity index (χ4v) is 4.48. The fourth-order valence-electron chi connectivity index (χ4n) is 3.93. The van der Waals surface area contributed by atoms with Crippen molar-refractivity contribution in [2.24, 2.45) is 0 Å². The first-order valence-corrected chi connectivity index (χ1v) is 12.6. The van der Waals surface area contributed by atoms with Crippen LogP contribution < -0.4 is 14.8 Å². The second-order valence-corrected chi connectivity index (χ2v) is 9.46. The number of hydrogen-bond acceptors (Lipinski definition) is 8. The first-order valence-electron chi connectivity index (χ1n) is 11.7. The Balaban J connectivity index is 1.70. The Bertz CT molecular complexity index is 1280. The Hall–Kier alpha value is -3.72. The molecule has 3 aromatic rings. The van der Waals surface area contributed by atoms with Gasteiger partial charge in [0, 0.05) is 5.70 Å². The van der Waals surface area contributed by atoms with Gasteiger partial charge < -0.3 is 19.5 Å². The number of rotatable bonds is 10. The molecule has 4 rings (SSSR count). The van der Waals surface area contributed by atoms with Crippen LogP contribution in [0.25, 0.3) is 0 Å². The van der Waals surface area contributed by atoms with Crippen molar-refractivity contribution in [3.8, 4) is 11.5 Å². The van der Waals surface area contributed by atoms with Crippen molar-refractivity contribution >= 4 is 23.7 Å². The molecule has 2 heterocycles. The molecule has 1 aliphatic rings. The molecule has 0 radical (unpaired) electrons. The Kier molecular flexibility index (Phi) is 8.00. The van der Waals surface area contributed by atoms with E-state index < -0.39 is 12.0 Å². The van der Waals surface area contributed by atoms with E-state index >= 15 is 0 Å². The van der Waals surface area contributed by atoms with Crippen molar-refractivity contribution in [2.75, 3.05) is 24.8 Å². The lowest BCUT2D eigenvalue weighted by molar-refractivity contribution is -0.138. The van der Waals surface area contributed by atoms with Crippen LogP contribution in [0.3, 0.4) is 0 Å². The molecule has 0 saturated heterocycles. The zero-order valence-electron chi connectivity index (χ0n) is 20.9. The average Bonchev–Trinajstić information content (AvgIpc) is 3.28. The predicted octanol–water partition coefficient (Wildman–Crippen LogP) is 5.30. The predicted molar refractivity (Wildman–Crippen MR) is 141 cm³/mol. The largest absolute Gasteiger partial charge is 0.493 e. The van der Waals surface area contributed by atoms with Crippen molar-refractivity contribution in [1.82, 2.24) is 14.8 Å². The van der Waals surface area contributed by atoms with Crippen LogP contribution in [0.5, 0.6) is 11.5 Å². The normalized spacial score (nSPS) is 14.6. The van der Waals surface area contributed by atoms with Gasteiger partial charge in [-0.1, -0.05) is 67.2 Å². The molecular formula is C27H30N4O4S. The lowest BCUT2D eigenvalue weighted by atomic mass is 9.95. The summed E-state index contributed by atoms with van der Waals surface area (Å²) in [5.41, 5.74) is 4.14. The molecule has 0 spiro atoms. The lowest BCUT2D eigenvalue weighted by Gasteiger charge is -2.28. The van der Waals surface area contributed by atoms with Gasteiger partial charge in [0.05, 0.1) is 12.7 Å². The van der Waals surface area contributed by atoms with Crippen molar-refractivity contribution in [3.63, 3.8) is 0 Å². The van der Waals surface area contributed by atoms with Gasteiger partial charge >= 0.3 is 5.97 Å². The minimum atomic E-state index is -0.558. The summed E-state index contributed by atoms with van der Waals surface area (Å²) in [6.45, 7) is 10.1. The number of carbonyl (C=O) groups is 1. The van der Waals surface area contributed by atoms with Gasteiger partial charge in [-0.3, -0.25) is 0 Å². The van der Waals surface area contributed by atoms with Crippen molar-refractivity contribution in [2.45, 2.75) is 38.6 Å². The van der Waals surface area contributed by atoms with Crippen molar-refractivity contribution in [1.29, 1.82) is 0 Å². The standard InChI is InChI=1S/C27H30N4O4S/c1-6-14-34-25(32)23-18(4)28-26-29-27(36-7-2)30-31(26)24(23)20-12-13-21(22(15-20)33-5)35-16-19-10-8-17(3)9-11-19/h6,8-13,15,24H,1,7,14,16H2,2-5H3,(H,28,29,30). The number of esters is 1. The Morgan fingerprint density at radius 1 is 1.19 bits per heavy atom. The number of allylic oxidation sites excluding steroid dienone is 1. The summed E-state index contributed by atoms with van der Waals surface area (Å²) in [5.74, 6) is 2.10. The molecule has 1 N–H and O–H groups in total. The molecule has 0 fully saturated rings. The minimum absolute atomic E-state index is 0.110. The lowest BCUT2D eigenvalue weighted by Crippen LogP contribution is -2.29. The van der Waals surface area contributed by atoms with Crippen LogP contribution in [0.15, 0.2) is 71.5 Å². The highest BCUT2D eigenvalue weighted by atomic mass is 32.2. The highest BCUT2D eigenvalue weighted by Gasteiger charge is 2.35. The van der Waals surface area contributed by atoms with E-state index in [9.17, 15) is 4.79 Å². The van der Waals surface area contributed by atoms with Crippen LogP contribution in [0.1, 0.15) is 36.6 Å². The maximum Gasteiger partial charge on any atom is 0.338 e. The van der Waals surface area contributed by atoms with Gasteiger partial charge in [0.15, 0.2) is 11.5 Å². The molecule has 1 atom stereocenters. The Labute approximate surface area is 215 Å². The number of fused-ring (bicyclic) bond motifs is 1. The van der Waals surface area contributed by atoms with E-state index in [1.54, 1.807) is 17.9 Å². The van der Waals surface area contributed by atoms with Crippen molar-refractivity contribution in [3.05, 3.63) is 83.1 Å². The van der Waals surface area contributed by atoms with E-state index in [1.807, 2.05) is 44.2 Å². The summed E-state index contributed by atoms with van der Waals surface area (Å²) in [6, 6.07) is 13.3. The molecule has 8 nitrogen and oxygen atoms in total. The number of ether oxygens (including phenoxy) is 3. The second-order valence-electron chi connectivity index (χ2n) is 8.23. The molecule has 2 aromatic carbocycles. The number of carbonyl (C=O) groups excluding carboxylic acids is 1. The summed E-state index contributed by atoms with van der Waals surface area (Å²) in [4.78, 5) is 17.7. The van der Waals surface area contributed by atoms with E-state index in [4.69, 9.17) is 14.2 Å². The highest BCUT2D eigenvalue weighted by molar-refractivity contribution is 7.99.